The predicted molar refractivity (Wildman–Crippen MR) is 127 cm³/mol. The zero-order valence-electron chi connectivity index (χ0n) is 18.9. The molecule has 1 saturated heterocycles. The number of aliphatic hydroxyl groups excluding tert-OH is 1. The summed E-state index contributed by atoms with van der Waals surface area (Å²) in [5.41, 5.74) is 1.98. The first-order valence-corrected chi connectivity index (χ1v) is 10.8. The Hall–Kier alpha value is -4.26. The topological polar surface area (TPSA) is 96.3 Å². The number of carbonyl (C=O) groups excluding carboxylic acids is 2. The number of carbonyl (C=O) groups is 2. The number of aliphatic hydroxyl groups is 1. The molecule has 0 aliphatic carbocycles. The van der Waals surface area contributed by atoms with Gasteiger partial charge in [0.1, 0.15) is 11.5 Å². The van der Waals surface area contributed by atoms with Crippen LogP contribution in [0.5, 0.6) is 17.2 Å². The average molecular weight is 459 g/mol. The first-order valence-electron chi connectivity index (χ1n) is 10.8. The van der Waals surface area contributed by atoms with Gasteiger partial charge in [0.05, 0.1) is 25.8 Å². The Morgan fingerprint density at radius 1 is 0.912 bits per heavy atom. The van der Waals surface area contributed by atoms with Crippen LogP contribution in [-0.2, 0) is 16.0 Å². The van der Waals surface area contributed by atoms with Gasteiger partial charge < -0.3 is 24.6 Å². The highest BCUT2D eigenvalue weighted by molar-refractivity contribution is 6.46. The minimum atomic E-state index is -0.791. The minimum Gasteiger partial charge on any atom is -0.508 e. The number of nitrogens with zero attached hydrogens (tertiary/aromatic N) is 1. The number of hydrogen-bond donors (Lipinski definition) is 2. The number of amides is 1. The zero-order chi connectivity index (χ0) is 24.2. The molecule has 1 unspecified atom stereocenters. The van der Waals surface area contributed by atoms with E-state index in [9.17, 15) is 19.8 Å². The van der Waals surface area contributed by atoms with Gasteiger partial charge in [-0.15, -0.1) is 0 Å². The molecule has 0 bridgehead atoms. The summed E-state index contributed by atoms with van der Waals surface area (Å²) in [5.74, 6) is -0.428. The van der Waals surface area contributed by atoms with Crippen molar-refractivity contribution in [3.8, 4) is 17.2 Å². The van der Waals surface area contributed by atoms with Crippen LogP contribution in [0.3, 0.4) is 0 Å². The molecule has 0 aromatic heterocycles. The Kier molecular flexibility index (Phi) is 6.54. The van der Waals surface area contributed by atoms with Crippen LogP contribution in [0.25, 0.3) is 5.76 Å². The van der Waals surface area contributed by atoms with Crippen molar-refractivity contribution in [3.05, 3.63) is 95.1 Å². The number of methoxy groups -OCH3 is 2. The molecule has 1 fully saturated rings. The summed E-state index contributed by atoms with van der Waals surface area (Å²) in [6.45, 7) is 0.233. The second kappa shape index (κ2) is 9.70. The Morgan fingerprint density at radius 2 is 1.59 bits per heavy atom. The molecule has 3 aromatic carbocycles. The van der Waals surface area contributed by atoms with Crippen LogP contribution < -0.4 is 9.47 Å². The van der Waals surface area contributed by atoms with Crippen LogP contribution in [0.2, 0.25) is 0 Å². The fourth-order valence-corrected chi connectivity index (χ4v) is 4.15. The molecule has 4 rings (SSSR count). The van der Waals surface area contributed by atoms with E-state index in [0.29, 0.717) is 29.0 Å². The van der Waals surface area contributed by atoms with Gasteiger partial charge in [0.15, 0.2) is 11.5 Å². The number of hydrogen-bond acceptors (Lipinski definition) is 6. The fraction of sp³-hybridized carbons (Fsp3) is 0.185. The highest BCUT2D eigenvalue weighted by Gasteiger charge is 2.45. The molecule has 34 heavy (non-hydrogen) atoms. The summed E-state index contributed by atoms with van der Waals surface area (Å²) in [5, 5.41) is 20.8. The molecule has 174 valence electrons. The lowest BCUT2D eigenvalue weighted by Gasteiger charge is -2.25. The number of phenolic OH excluding ortho intramolecular Hbond substituents is 1. The molecule has 0 saturated carbocycles. The van der Waals surface area contributed by atoms with E-state index in [4.69, 9.17) is 9.47 Å². The van der Waals surface area contributed by atoms with Gasteiger partial charge in [-0.1, -0.05) is 48.5 Å². The van der Waals surface area contributed by atoms with E-state index >= 15 is 0 Å². The van der Waals surface area contributed by atoms with E-state index in [2.05, 4.69) is 0 Å². The second-order valence-corrected chi connectivity index (χ2v) is 7.89. The molecule has 1 atom stereocenters. The van der Waals surface area contributed by atoms with Crippen LogP contribution in [0.1, 0.15) is 22.7 Å². The number of ether oxygens (including phenoxy) is 2. The first kappa shape index (κ1) is 22.9. The third-order valence-electron chi connectivity index (χ3n) is 5.89. The summed E-state index contributed by atoms with van der Waals surface area (Å²) in [7, 11) is 3.11. The van der Waals surface area contributed by atoms with Crippen LogP contribution >= 0.6 is 0 Å². The largest absolute Gasteiger partial charge is 0.508 e. The van der Waals surface area contributed by atoms with Gasteiger partial charge in [-0.3, -0.25) is 9.59 Å². The lowest BCUT2D eigenvalue weighted by Crippen LogP contribution is -2.31. The number of benzene rings is 3. The molecule has 1 amide bonds. The predicted octanol–water partition coefficient (Wildman–Crippen LogP) is 4.07. The summed E-state index contributed by atoms with van der Waals surface area (Å²) in [6.07, 6.45) is 0.452. The van der Waals surface area contributed by atoms with Gasteiger partial charge in [0, 0.05) is 12.1 Å². The fourth-order valence-electron chi connectivity index (χ4n) is 4.15. The lowest BCUT2D eigenvalue weighted by atomic mass is 9.95. The Balaban J connectivity index is 1.73. The van der Waals surface area contributed by atoms with Crippen molar-refractivity contribution in [2.75, 3.05) is 20.8 Å². The van der Waals surface area contributed by atoms with Crippen molar-refractivity contribution in [2.24, 2.45) is 0 Å². The summed E-state index contributed by atoms with van der Waals surface area (Å²) in [6, 6.07) is 19.6. The summed E-state index contributed by atoms with van der Waals surface area (Å²) in [4.78, 5) is 27.6. The highest BCUT2D eigenvalue weighted by atomic mass is 16.5. The number of ketones is 1. The van der Waals surface area contributed by atoms with Gasteiger partial charge in [-0.2, -0.15) is 0 Å². The van der Waals surface area contributed by atoms with Crippen molar-refractivity contribution in [1.29, 1.82) is 0 Å². The van der Waals surface area contributed by atoms with Crippen LogP contribution in [-0.4, -0.2) is 47.6 Å². The minimum absolute atomic E-state index is 0.0224. The molecule has 2 N–H and O–H groups in total. The number of likely N-dealkylation sites (tertiary alicyclic amines) is 1. The van der Waals surface area contributed by atoms with Gasteiger partial charge >= 0.3 is 0 Å². The third kappa shape index (κ3) is 4.32. The highest BCUT2D eigenvalue weighted by Crippen LogP contribution is 2.40. The molecular weight excluding hydrogens is 434 g/mol. The maximum Gasteiger partial charge on any atom is 0.295 e. The standard InChI is InChI=1S/C27H25NO6/c1-33-21-13-8-17(16-22(21)34-2)14-15-28-24(18-9-11-20(29)12-10-18)23(26(31)27(28)32)25(30)19-6-4-3-5-7-19/h3-13,16,24,29-30H,14-15H2,1-2H3. The van der Waals surface area contributed by atoms with Crippen LogP contribution in [0.15, 0.2) is 78.4 Å². The Morgan fingerprint density at radius 3 is 2.24 bits per heavy atom. The quantitative estimate of drug-likeness (QED) is 0.314. The molecule has 7 heteroatoms. The number of Topliss-reactive ketones (excluding diaryl/α,β-unsaturated/α-hetero) is 1. The van der Waals surface area contributed by atoms with Gasteiger partial charge in [-0.25, -0.2) is 0 Å². The third-order valence-corrected chi connectivity index (χ3v) is 5.89. The number of aromatic hydroxyl groups is 1. The van der Waals surface area contributed by atoms with Crippen LogP contribution in [0.4, 0.5) is 0 Å². The molecule has 0 spiro atoms. The van der Waals surface area contributed by atoms with Crippen molar-refractivity contribution in [3.63, 3.8) is 0 Å². The molecule has 3 aromatic rings. The summed E-state index contributed by atoms with van der Waals surface area (Å²) < 4.78 is 10.6. The van der Waals surface area contributed by atoms with E-state index in [1.807, 2.05) is 12.1 Å². The van der Waals surface area contributed by atoms with E-state index in [-0.39, 0.29) is 23.6 Å². The number of phenols is 1. The molecule has 7 nitrogen and oxygen atoms in total. The van der Waals surface area contributed by atoms with Gasteiger partial charge in [0.2, 0.25) is 0 Å². The van der Waals surface area contributed by atoms with E-state index < -0.39 is 17.7 Å². The monoisotopic (exact) mass is 459 g/mol. The molecule has 0 radical (unpaired) electrons. The molecule has 1 aliphatic heterocycles. The average Bonchev–Trinajstić information content (AvgIpc) is 3.12. The van der Waals surface area contributed by atoms with E-state index in [0.717, 1.165) is 5.56 Å². The normalized spacial score (nSPS) is 17.1. The lowest BCUT2D eigenvalue weighted by molar-refractivity contribution is -0.139. The van der Waals surface area contributed by atoms with Crippen molar-refractivity contribution in [1.82, 2.24) is 4.90 Å². The van der Waals surface area contributed by atoms with Gasteiger partial charge in [-0.05, 0) is 41.8 Å². The summed E-state index contributed by atoms with van der Waals surface area (Å²) >= 11 is 0. The number of rotatable bonds is 7. The maximum atomic E-state index is 13.1. The SMILES string of the molecule is COc1ccc(CCN2C(=O)C(=O)C(=C(O)c3ccccc3)C2c2ccc(O)cc2)cc1OC. The Bertz CT molecular complexity index is 1230. The molecular formula is C27H25NO6. The smallest absolute Gasteiger partial charge is 0.295 e. The van der Waals surface area contributed by atoms with E-state index in [1.54, 1.807) is 62.8 Å². The van der Waals surface area contributed by atoms with Crippen LogP contribution in [0, 0.1) is 0 Å². The first-order chi connectivity index (χ1) is 16.4. The van der Waals surface area contributed by atoms with Gasteiger partial charge in [0.25, 0.3) is 11.7 Å². The van der Waals surface area contributed by atoms with E-state index in [1.165, 1.54) is 17.0 Å². The Labute approximate surface area is 197 Å². The zero-order valence-corrected chi connectivity index (χ0v) is 18.9. The molecule has 1 aliphatic rings. The van der Waals surface area contributed by atoms with Crippen molar-refractivity contribution < 1.29 is 29.3 Å². The second-order valence-electron chi connectivity index (χ2n) is 7.89. The van der Waals surface area contributed by atoms with Crippen molar-refractivity contribution in [2.45, 2.75) is 12.5 Å². The van der Waals surface area contributed by atoms with Crippen molar-refractivity contribution >= 4 is 17.4 Å². The maximum absolute atomic E-state index is 13.1. The molecule has 1 heterocycles.